The van der Waals surface area contributed by atoms with Crippen LogP contribution in [0.5, 0.6) is 0 Å². The topological polar surface area (TPSA) is 44.8 Å². The van der Waals surface area contributed by atoms with Crippen molar-refractivity contribution in [2.24, 2.45) is 0 Å². The van der Waals surface area contributed by atoms with E-state index in [-0.39, 0.29) is 11.9 Å². The monoisotopic (exact) mass is 413 g/mol. The molecule has 29 heavy (non-hydrogen) atoms. The van der Waals surface area contributed by atoms with Crippen LogP contribution in [-0.4, -0.2) is 57.2 Å². The van der Waals surface area contributed by atoms with Crippen molar-refractivity contribution in [1.29, 1.82) is 0 Å². The zero-order valence-electron chi connectivity index (χ0n) is 16.9. The normalized spacial score (nSPS) is 17.8. The third-order valence-corrected chi connectivity index (χ3v) is 6.13. The van der Waals surface area contributed by atoms with Gasteiger partial charge in [0.15, 0.2) is 0 Å². The highest BCUT2D eigenvalue weighted by Gasteiger charge is 2.25. The van der Waals surface area contributed by atoms with E-state index in [4.69, 9.17) is 16.3 Å². The highest BCUT2D eigenvalue weighted by molar-refractivity contribution is 6.30. The molecule has 0 aromatic heterocycles. The van der Waals surface area contributed by atoms with E-state index < -0.39 is 0 Å². The van der Waals surface area contributed by atoms with Crippen molar-refractivity contribution in [3.8, 4) is 0 Å². The number of benzene rings is 2. The van der Waals surface area contributed by atoms with E-state index >= 15 is 0 Å². The Hall–Kier alpha value is -2.08. The van der Waals surface area contributed by atoms with Crippen LogP contribution in [0.1, 0.15) is 22.7 Å². The first kappa shape index (κ1) is 20.2. The van der Waals surface area contributed by atoms with Crippen LogP contribution in [0.4, 0.5) is 5.69 Å². The zero-order chi connectivity index (χ0) is 20.2. The predicted octanol–water partition coefficient (Wildman–Crippen LogP) is 3.06. The minimum atomic E-state index is 0.0338. The number of amides is 1. The van der Waals surface area contributed by atoms with Gasteiger partial charge in [0.25, 0.3) is 0 Å². The van der Waals surface area contributed by atoms with Crippen molar-refractivity contribution < 1.29 is 9.53 Å². The molecule has 5 nitrogen and oxygen atoms in total. The summed E-state index contributed by atoms with van der Waals surface area (Å²) < 4.78 is 5.54. The maximum atomic E-state index is 12.6. The van der Waals surface area contributed by atoms with Gasteiger partial charge in [0.1, 0.15) is 0 Å². The lowest BCUT2D eigenvalue weighted by molar-refractivity contribution is -0.120. The van der Waals surface area contributed by atoms with E-state index in [9.17, 15) is 4.79 Å². The molecule has 1 N–H and O–H groups in total. The van der Waals surface area contributed by atoms with Crippen LogP contribution in [-0.2, 0) is 22.4 Å². The summed E-state index contributed by atoms with van der Waals surface area (Å²) in [5.41, 5.74) is 4.96. The van der Waals surface area contributed by atoms with E-state index in [1.807, 2.05) is 24.3 Å². The maximum absolute atomic E-state index is 12.6. The fraction of sp³-hybridized carbons (Fsp3) is 0.435. The van der Waals surface area contributed by atoms with Gasteiger partial charge in [-0.1, -0.05) is 35.9 Å². The van der Waals surface area contributed by atoms with Crippen molar-refractivity contribution >= 4 is 23.2 Å². The molecule has 0 bridgehead atoms. The van der Waals surface area contributed by atoms with Crippen LogP contribution in [0.2, 0.25) is 5.02 Å². The molecular formula is C23H28ClN3O2. The highest BCUT2D eigenvalue weighted by atomic mass is 35.5. The molecule has 2 aromatic rings. The van der Waals surface area contributed by atoms with Gasteiger partial charge in [-0.25, -0.2) is 0 Å². The van der Waals surface area contributed by atoms with Crippen molar-refractivity contribution in [3.63, 3.8) is 0 Å². The number of rotatable bonds is 6. The number of nitrogens with zero attached hydrogens (tertiary/aromatic N) is 2. The number of ether oxygens (including phenoxy) is 1. The second kappa shape index (κ2) is 9.16. The molecular weight excluding hydrogens is 386 g/mol. The maximum Gasteiger partial charge on any atom is 0.224 e. The van der Waals surface area contributed by atoms with Crippen LogP contribution in [0.25, 0.3) is 0 Å². The van der Waals surface area contributed by atoms with Gasteiger partial charge in [0.05, 0.1) is 25.7 Å². The van der Waals surface area contributed by atoms with Gasteiger partial charge in [-0.2, -0.15) is 0 Å². The Morgan fingerprint density at radius 2 is 1.90 bits per heavy atom. The first-order chi connectivity index (χ1) is 14.1. The van der Waals surface area contributed by atoms with Crippen LogP contribution in [0.15, 0.2) is 42.5 Å². The molecule has 1 unspecified atom stereocenters. The average Bonchev–Trinajstić information content (AvgIpc) is 3.11. The molecule has 2 aliphatic rings. The predicted molar refractivity (Wildman–Crippen MR) is 117 cm³/mol. The molecule has 6 heteroatoms. The van der Waals surface area contributed by atoms with E-state index in [2.05, 4.69) is 40.4 Å². The van der Waals surface area contributed by atoms with Crippen molar-refractivity contribution in [1.82, 2.24) is 10.2 Å². The first-order valence-corrected chi connectivity index (χ1v) is 10.6. The summed E-state index contributed by atoms with van der Waals surface area (Å²) in [5, 5.41) is 3.84. The average molecular weight is 414 g/mol. The summed E-state index contributed by atoms with van der Waals surface area (Å²) in [7, 11) is 2.14. The Morgan fingerprint density at radius 1 is 1.14 bits per heavy atom. The fourth-order valence-electron chi connectivity index (χ4n) is 4.20. The number of carbonyl (C=O) groups excluding carboxylic acids is 1. The van der Waals surface area contributed by atoms with E-state index in [0.717, 1.165) is 44.8 Å². The van der Waals surface area contributed by atoms with E-state index in [0.29, 0.717) is 18.0 Å². The van der Waals surface area contributed by atoms with Crippen molar-refractivity contribution in [2.45, 2.75) is 18.9 Å². The third-order valence-electron chi connectivity index (χ3n) is 5.87. The first-order valence-electron chi connectivity index (χ1n) is 10.3. The molecule has 0 saturated carbocycles. The van der Waals surface area contributed by atoms with E-state index in [1.165, 1.54) is 16.8 Å². The van der Waals surface area contributed by atoms with Crippen molar-refractivity contribution in [2.75, 3.05) is 51.3 Å². The van der Waals surface area contributed by atoms with Gasteiger partial charge >= 0.3 is 0 Å². The molecule has 154 valence electrons. The highest BCUT2D eigenvalue weighted by Crippen LogP contribution is 2.31. The summed E-state index contributed by atoms with van der Waals surface area (Å²) in [6, 6.07) is 14.4. The van der Waals surface area contributed by atoms with Gasteiger partial charge in [-0.05, 0) is 41.3 Å². The Bertz CT molecular complexity index is 850. The molecule has 0 aliphatic carbocycles. The van der Waals surface area contributed by atoms with Gasteiger partial charge < -0.3 is 15.0 Å². The SMILES string of the molecule is CN1CCc2cc(C(CNC(=O)Cc3ccc(Cl)cc3)N3CCOCC3)ccc21. The number of anilines is 1. The Morgan fingerprint density at radius 3 is 2.66 bits per heavy atom. The Balaban J connectivity index is 1.46. The quantitative estimate of drug-likeness (QED) is 0.790. The second-order valence-corrected chi connectivity index (χ2v) is 8.27. The molecule has 2 aliphatic heterocycles. The fourth-order valence-corrected chi connectivity index (χ4v) is 4.33. The second-order valence-electron chi connectivity index (χ2n) is 7.83. The number of morpholine rings is 1. The number of nitrogens with one attached hydrogen (secondary N) is 1. The number of carbonyl (C=O) groups is 1. The van der Waals surface area contributed by atoms with Gasteiger partial charge in [0, 0.05) is 43.9 Å². The molecule has 1 fully saturated rings. The summed E-state index contributed by atoms with van der Waals surface area (Å²) in [6.45, 7) is 4.91. The van der Waals surface area contributed by atoms with Crippen LogP contribution in [0.3, 0.4) is 0 Å². The largest absolute Gasteiger partial charge is 0.379 e. The van der Waals surface area contributed by atoms with Crippen molar-refractivity contribution in [3.05, 3.63) is 64.2 Å². The minimum absolute atomic E-state index is 0.0338. The molecule has 0 radical (unpaired) electrons. The van der Waals surface area contributed by atoms with Gasteiger partial charge in [0.2, 0.25) is 5.91 Å². The number of fused-ring (bicyclic) bond motifs is 1. The molecule has 2 heterocycles. The van der Waals surface area contributed by atoms with Crippen LogP contribution < -0.4 is 10.2 Å². The molecule has 4 rings (SSSR count). The number of hydrogen-bond donors (Lipinski definition) is 1. The molecule has 1 atom stereocenters. The zero-order valence-corrected chi connectivity index (χ0v) is 17.6. The minimum Gasteiger partial charge on any atom is -0.379 e. The summed E-state index contributed by atoms with van der Waals surface area (Å²) >= 11 is 5.93. The molecule has 1 saturated heterocycles. The summed E-state index contributed by atoms with van der Waals surface area (Å²) in [6.07, 6.45) is 1.44. The Labute approximate surface area is 177 Å². The van der Waals surface area contributed by atoms with Crippen LogP contribution >= 0.6 is 11.6 Å². The number of hydrogen-bond acceptors (Lipinski definition) is 4. The molecule has 1 amide bonds. The third kappa shape index (κ3) is 4.92. The number of halogens is 1. The van der Waals surface area contributed by atoms with Gasteiger partial charge in [-0.3, -0.25) is 9.69 Å². The number of likely N-dealkylation sites (N-methyl/N-ethyl adjacent to an activating group) is 1. The van der Waals surface area contributed by atoms with Gasteiger partial charge in [-0.15, -0.1) is 0 Å². The van der Waals surface area contributed by atoms with Crippen LogP contribution in [0, 0.1) is 0 Å². The lowest BCUT2D eigenvalue weighted by Crippen LogP contribution is -2.44. The summed E-state index contributed by atoms with van der Waals surface area (Å²) in [5.74, 6) is 0.0338. The smallest absolute Gasteiger partial charge is 0.224 e. The molecule has 2 aromatic carbocycles. The Kier molecular flexibility index (Phi) is 6.38. The van der Waals surface area contributed by atoms with E-state index in [1.54, 1.807) is 0 Å². The molecule has 0 spiro atoms. The lowest BCUT2D eigenvalue weighted by atomic mass is 10.00. The standard InChI is InChI=1S/C23H28ClN3O2/c1-26-9-8-19-15-18(4-7-21(19)26)22(27-10-12-29-13-11-27)16-25-23(28)14-17-2-5-20(24)6-3-17/h2-7,15,22H,8-14,16H2,1H3,(H,25,28). The lowest BCUT2D eigenvalue weighted by Gasteiger charge is -2.35. The summed E-state index contributed by atoms with van der Waals surface area (Å²) in [4.78, 5) is 17.3.